The number of para-hydroxylation sites is 1. The van der Waals surface area contributed by atoms with Crippen molar-refractivity contribution in [3.05, 3.63) is 84.8 Å². The maximum Gasteiger partial charge on any atom is 0.297 e. The number of hydrogen-bond donors (Lipinski definition) is 0. The van der Waals surface area contributed by atoms with E-state index >= 15 is 0 Å². The van der Waals surface area contributed by atoms with Crippen molar-refractivity contribution in [1.29, 1.82) is 0 Å². The lowest BCUT2D eigenvalue weighted by Crippen LogP contribution is -2.21. The molecule has 0 N–H and O–H groups in total. The maximum atomic E-state index is 13.3. The van der Waals surface area contributed by atoms with Crippen LogP contribution < -0.4 is 10.4 Å². The topological polar surface area (TPSA) is 44.2 Å². The van der Waals surface area contributed by atoms with E-state index in [0.717, 1.165) is 33.9 Å². The number of rotatable bonds is 5. The molecular formula is C24H24Cl2N4OS. The van der Waals surface area contributed by atoms with Crippen molar-refractivity contribution < 1.29 is 0 Å². The lowest BCUT2D eigenvalue weighted by atomic mass is 10.1. The molecule has 2 heterocycles. The van der Waals surface area contributed by atoms with Crippen LogP contribution in [-0.2, 0) is 7.05 Å². The van der Waals surface area contributed by atoms with Gasteiger partial charge in [-0.1, -0.05) is 48.3 Å². The number of halogens is 2. The molecular weight excluding hydrogens is 463 g/mol. The molecule has 8 heteroatoms. The smallest absolute Gasteiger partial charge is 0.297 e. The summed E-state index contributed by atoms with van der Waals surface area (Å²) in [5, 5.41) is 3.27. The Morgan fingerprint density at radius 1 is 1.12 bits per heavy atom. The summed E-state index contributed by atoms with van der Waals surface area (Å²) >= 11 is 14.3. The molecule has 0 spiro atoms. The van der Waals surface area contributed by atoms with Gasteiger partial charge in [0.25, 0.3) is 5.56 Å². The normalized spacial score (nSPS) is 13.0. The molecule has 0 aliphatic rings. The second-order valence-corrected chi connectivity index (χ2v) is 9.36. The summed E-state index contributed by atoms with van der Waals surface area (Å²) < 4.78 is 5.62. The molecule has 0 radical (unpaired) electrons. The van der Waals surface area contributed by atoms with Crippen LogP contribution in [0.15, 0.2) is 63.7 Å². The van der Waals surface area contributed by atoms with Crippen LogP contribution in [0.4, 0.5) is 5.69 Å². The van der Waals surface area contributed by atoms with Crippen LogP contribution in [0.1, 0.15) is 32.0 Å². The van der Waals surface area contributed by atoms with Gasteiger partial charge in [0.15, 0.2) is 10.5 Å². The molecule has 0 aliphatic carbocycles. The molecule has 0 saturated carbocycles. The van der Waals surface area contributed by atoms with E-state index in [1.54, 1.807) is 16.8 Å². The summed E-state index contributed by atoms with van der Waals surface area (Å²) in [5.41, 5.74) is 3.67. The van der Waals surface area contributed by atoms with E-state index in [1.165, 1.54) is 11.3 Å². The predicted octanol–water partition coefficient (Wildman–Crippen LogP) is 6.52. The first-order valence-electron chi connectivity index (χ1n) is 10.4. The highest BCUT2D eigenvalue weighted by Crippen LogP contribution is 2.33. The first-order valence-corrected chi connectivity index (χ1v) is 12.0. The van der Waals surface area contributed by atoms with Gasteiger partial charge in [-0.2, -0.15) is 0 Å². The standard InChI is InChI=1S/C24H24Cl2N4OS/c1-5-15(2)29-21(19-13-17(25)11-12-20(19)26)14-32-24(29)27-22-16(3)28(4)30(23(22)31)18-9-7-6-8-10-18/h6-15H,5H2,1-4H3. The van der Waals surface area contributed by atoms with E-state index in [0.29, 0.717) is 15.7 Å². The average molecular weight is 487 g/mol. The van der Waals surface area contributed by atoms with Crippen LogP contribution in [0, 0.1) is 6.92 Å². The molecule has 32 heavy (non-hydrogen) atoms. The Bertz CT molecular complexity index is 1400. The van der Waals surface area contributed by atoms with Gasteiger partial charge in [0.1, 0.15) is 0 Å². The van der Waals surface area contributed by atoms with Crippen molar-refractivity contribution >= 4 is 40.2 Å². The monoisotopic (exact) mass is 486 g/mol. The summed E-state index contributed by atoms with van der Waals surface area (Å²) in [6.07, 6.45) is 0.900. The van der Waals surface area contributed by atoms with Gasteiger partial charge in [0.05, 0.1) is 22.1 Å². The molecule has 0 amide bonds. The fourth-order valence-corrected chi connectivity index (χ4v) is 5.06. The van der Waals surface area contributed by atoms with Crippen molar-refractivity contribution in [2.75, 3.05) is 0 Å². The first kappa shape index (κ1) is 22.6. The van der Waals surface area contributed by atoms with Crippen molar-refractivity contribution in [3.8, 4) is 16.9 Å². The van der Waals surface area contributed by atoms with Gasteiger partial charge in [-0.3, -0.25) is 9.48 Å². The third-order valence-electron chi connectivity index (χ3n) is 5.71. The van der Waals surface area contributed by atoms with Gasteiger partial charge < -0.3 is 4.57 Å². The first-order chi connectivity index (χ1) is 15.3. The van der Waals surface area contributed by atoms with E-state index < -0.39 is 0 Å². The molecule has 2 aromatic heterocycles. The molecule has 1 unspecified atom stereocenters. The molecule has 0 bridgehead atoms. The van der Waals surface area contributed by atoms with Gasteiger partial charge in [-0.15, -0.1) is 11.3 Å². The van der Waals surface area contributed by atoms with E-state index in [-0.39, 0.29) is 11.6 Å². The molecule has 166 valence electrons. The molecule has 5 nitrogen and oxygen atoms in total. The van der Waals surface area contributed by atoms with E-state index in [9.17, 15) is 4.79 Å². The van der Waals surface area contributed by atoms with Gasteiger partial charge in [0, 0.05) is 29.1 Å². The van der Waals surface area contributed by atoms with Crippen LogP contribution in [-0.4, -0.2) is 13.9 Å². The highest BCUT2D eigenvalue weighted by atomic mass is 35.5. The van der Waals surface area contributed by atoms with Crippen molar-refractivity contribution in [1.82, 2.24) is 13.9 Å². The molecule has 1 atom stereocenters. The zero-order valence-corrected chi connectivity index (χ0v) is 20.7. The SMILES string of the molecule is CCC(C)n1c(-c2cc(Cl)ccc2Cl)csc1=Nc1c(C)n(C)n(-c2ccccc2)c1=O. The number of thiazole rings is 1. The largest absolute Gasteiger partial charge is 0.314 e. The average Bonchev–Trinajstić information content (AvgIpc) is 3.30. The Hall–Kier alpha value is -2.54. The van der Waals surface area contributed by atoms with Crippen molar-refractivity contribution in [2.24, 2.45) is 12.0 Å². The Balaban J connectivity index is 1.96. The van der Waals surface area contributed by atoms with Crippen LogP contribution in [0.5, 0.6) is 0 Å². The van der Waals surface area contributed by atoms with Crippen LogP contribution in [0.3, 0.4) is 0 Å². The molecule has 0 aliphatic heterocycles. The summed E-state index contributed by atoms with van der Waals surface area (Å²) in [7, 11) is 1.87. The Labute approximate surface area is 200 Å². The lowest BCUT2D eigenvalue weighted by Gasteiger charge is -2.16. The van der Waals surface area contributed by atoms with E-state index in [1.807, 2.05) is 60.4 Å². The fourth-order valence-electron chi connectivity index (χ4n) is 3.68. The Kier molecular flexibility index (Phi) is 6.47. The number of aromatic nitrogens is 3. The minimum Gasteiger partial charge on any atom is -0.314 e. The van der Waals surface area contributed by atoms with Crippen LogP contribution in [0.25, 0.3) is 16.9 Å². The molecule has 0 fully saturated rings. The molecule has 4 rings (SSSR count). The highest BCUT2D eigenvalue weighted by Gasteiger charge is 2.19. The summed E-state index contributed by atoms with van der Waals surface area (Å²) in [5.74, 6) is 0. The third kappa shape index (κ3) is 3.98. The second-order valence-electron chi connectivity index (χ2n) is 7.68. The van der Waals surface area contributed by atoms with Crippen molar-refractivity contribution in [2.45, 2.75) is 33.2 Å². The minimum absolute atomic E-state index is 0.150. The fraction of sp³-hybridized carbons (Fsp3) is 0.250. The van der Waals surface area contributed by atoms with Gasteiger partial charge >= 0.3 is 0 Å². The van der Waals surface area contributed by atoms with E-state index in [2.05, 4.69) is 18.4 Å². The molecule has 0 saturated heterocycles. The lowest BCUT2D eigenvalue weighted by molar-refractivity contribution is 0.524. The quantitative estimate of drug-likeness (QED) is 0.316. The number of nitrogens with zero attached hydrogens (tertiary/aromatic N) is 4. The zero-order chi connectivity index (χ0) is 23.0. The van der Waals surface area contributed by atoms with Crippen LogP contribution in [0.2, 0.25) is 10.0 Å². The van der Waals surface area contributed by atoms with E-state index in [4.69, 9.17) is 28.2 Å². The highest BCUT2D eigenvalue weighted by molar-refractivity contribution is 7.07. The number of benzene rings is 2. The summed E-state index contributed by atoms with van der Waals surface area (Å²) in [4.78, 5) is 19.0. The van der Waals surface area contributed by atoms with Gasteiger partial charge in [0.2, 0.25) is 0 Å². The number of hydrogen-bond acceptors (Lipinski definition) is 3. The zero-order valence-electron chi connectivity index (χ0n) is 18.3. The second kappa shape index (κ2) is 9.14. The van der Waals surface area contributed by atoms with Gasteiger partial charge in [-0.05, 0) is 50.6 Å². The van der Waals surface area contributed by atoms with Crippen molar-refractivity contribution in [3.63, 3.8) is 0 Å². The molecule has 2 aromatic carbocycles. The third-order valence-corrected chi connectivity index (χ3v) is 7.11. The van der Waals surface area contributed by atoms with Gasteiger partial charge in [-0.25, -0.2) is 9.67 Å². The molecule has 4 aromatic rings. The predicted molar refractivity (Wildman–Crippen MR) is 134 cm³/mol. The maximum absolute atomic E-state index is 13.3. The summed E-state index contributed by atoms with van der Waals surface area (Å²) in [6.45, 7) is 6.17. The Morgan fingerprint density at radius 2 is 1.84 bits per heavy atom. The Morgan fingerprint density at radius 3 is 2.53 bits per heavy atom. The summed E-state index contributed by atoms with van der Waals surface area (Å²) in [6, 6.07) is 15.2. The minimum atomic E-state index is -0.150. The van der Waals surface area contributed by atoms with Crippen LogP contribution >= 0.6 is 34.5 Å².